The second-order valence-electron chi connectivity index (χ2n) is 7.59. The van der Waals surface area contributed by atoms with Crippen molar-refractivity contribution in [1.29, 1.82) is 0 Å². The van der Waals surface area contributed by atoms with Gasteiger partial charge < -0.3 is 20.9 Å². The van der Waals surface area contributed by atoms with Crippen LogP contribution in [-0.2, 0) is 9.59 Å². The minimum Gasteiger partial charge on any atom is -0.427 e. The van der Waals surface area contributed by atoms with Crippen LogP contribution in [0.5, 0.6) is 11.5 Å². The van der Waals surface area contributed by atoms with Crippen molar-refractivity contribution in [1.82, 2.24) is 0 Å². The Labute approximate surface area is 178 Å². The molecule has 0 aliphatic carbocycles. The summed E-state index contributed by atoms with van der Waals surface area (Å²) < 4.78 is 10.6. The third-order valence-corrected chi connectivity index (χ3v) is 4.88. The molecule has 0 aliphatic heterocycles. The minimum absolute atomic E-state index is 0.134. The van der Waals surface area contributed by atoms with Crippen molar-refractivity contribution < 1.29 is 19.1 Å². The molecule has 30 heavy (non-hydrogen) atoms. The molecule has 0 amide bonds. The van der Waals surface area contributed by atoms with Gasteiger partial charge in [0, 0.05) is 17.8 Å². The van der Waals surface area contributed by atoms with E-state index in [9.17, 15) is 9.59 Å². The van der Waals surface area contributed by atoms with E-state index < -0.39 is 0 Å². The number of ether oxygens (including phenoxy) is 2. The summed E-state index contributed by atoms with van der Waals surface area (Å²) >= 11 is 0. The van der Waals surface area contributed by atoms with E-state index in [1.807, 2.05) is 6.92 Å². The van der Waals surface area contributed by atoms with Crippen molar-refractivity contribution in [2.45, 2.75) is 58.3 Å². The van der Waals surface area contributed by atoms with Crippen molar-refractivity contribution in [3.05, 3.63) is 48.5 Å². The van der Waals surface area contributed by atoms with Gasteiger partial charge in [0.2, 0.25) is 0 Å². The van der Waals surface area contributed by atoms with Crippen LogP contribution in [0.2, 0.25) is 0 Å². The van der Waals surface area contributed by atoms with E-state index >= 15 is 0 Å². The van der Waals surface area contributed by atoms with E-state index in [2.05, 4.69) is 0 Å². The van der Waals surface area contributed by atoms with Crippen molar-refractivity contribution in [2.75, 3.05) is 11.5 Å². The monoisotopic (exact) mass is 412 g/mol. The van der Waals surface area contributed by atoms with E-state index in [-0.39, 0.29) is 17.9 Å². The molecule has 2 rings (SSSR count). The summed E-state index contributed by atoms with van der Waals surface area (Å²) in [6.07, 6.45) is 7.24. The van der Waals surface area contributed by atoms with Gasteiger partial charge >= 0.3 is 11.9 Å². The first-order chi connectivity index (χ1) is 14.4. The Balaban J connectivity index is 1.48. The minimum atomic E-state index is -0.215. The molecule has 162 valence electrons. The first kappa shape index (κ1) is 23.3. The summed E-state index contributed by atoms with van der Waals surface area (Å²) in [4.78, 5) is 23.9. The smallest absolute Gasteiger partial charge is 0.314 e. The number of carbonyl (C=O) groups is 2. The second-order valence-corrected chi connectivity index (χ2v) is 7.59. The highest BCUT2D eigenvalue weighted by Crippen LogP contribution is 2.18. The lowest BCUT2D eigenvalue weighted by Crippen LogP contribution is -2.17. The lowest BCUT2D eigenvalue weighted by atomic mass is 10.0. The van der Waals surface area contributed by atoms with E-state index in [1.165, 1.54) is 0 Å². The fraction of sp³-hybridized carbons (Fsp3) is 0.417. The van der Waals surface area contributed by atoms with Gasteiger partial charge in [-0.25, -0.2) is 0 Å². The Morgan fingerprint density at radius 3 is 1.77 bits per heavy atom. The van der Waals surface area contributed by atoms with Gasteiger partial charge in [-0.1, -0.05) is 39.0 Å². The lowest BCUT2D eigenvalue weighted by Gasteiger charge is -2.11. The first-order valence-corrected chi connectivity index (χ1v) is 10.6. The van der Waals surface area contributed by atoms with Gasteiger partial charge in [-0.2, -0.15) is 0 Å². The maximum absolute atomic E-state index is 12.1. The Bertz CT molecular complexity index is 788. The third-order valence-electron chi connectivity index (χ3n) is 4.88. The molecule has 0 fully saturated rings. The Morgan fingerprint density at radius 2 is 1.20 bits per heavy atom. The summed E-state index contributed by atoms with van der Waals surface area (Å²) in [6.45, 7) is 1.90. The van der Waals surface area contributed by atoms with Gasteiger partial charge in [-0.15, -0.1) is 0 Å². The van der Waals surface area contributed by atoms with Crippen LogP contribution < -0.4 is 20.9 Å². The molecule has 6 nitrogen and oxygen atoms in total. The molecule has 0 bridgehead atoms. The fourth-order valence-electron chi connectivity index (χ4n) is 3.02. The molecule has 1 unspecified atom stereocenters. The maximum Gasteiger partial charge on any atom is 0.314 e. The van der Waals surface area contributed by atoms with E-state index in [4.69, 9.17) is 20.9 Å². The molecule has 0 heterocycles. The molecule has 0 saturated heterocycles. The number of nitrogen functional groups attached to an aromatic ring is 2. The molecular formula is C24H32N2O4. The largest absolute Gasteiger partial charge is 0.427 e. The highest BCUT2D eigenvalue weighted by molar-refractivity contribution is 5.74. The van der Waals surface area contributed by atoms with Crippen molar-refractivity contribution in [2.24, 2.45) is 5.92 Å². The third kappa shape index (κ3) is 8.99. The van der Waals surface area contributed by atoms with Crippen LogP contribution >= 0.6 is 0 Å². The predicted molar refractivity (Wildman–Crippen MR) is 119 cm³/mol. The van der Waals surface area contributed by atoms with E-state index in [0.717, 1.165) is 44.9 Å². The average Bonchev–Trinajstić information content (AvgIpc) is 2.73. The van der Waals surface area contributed by atoms with Crippen LogP contribution in [0.4, 0.5) is 11.4 Å². The normalized spacial score (nSPS) is 11.6. The van der Waals surface area contributed by atoms with Crippen LogP contribution in [0, 0.1) is 5.92 Å². The highest BCUT2D eigenvalue weighted by Gasteiger charge is 2.15. The number of anilines is 2. The molecule has 2 aromatic rings. The summed E-state index contributed by atoms with van der Waals surface area (Å²) in [5.41, 5.74) is 12.5. The van der Waals surface area contributed by atoms with Crippen LogP contribution in [0.3, 0.4) is 0 Å². The molecule has 1 atom stereocenters. The van der Waals surface area contributed by atoms with Gasteiger partial charge in [0.1, 0.15) is 11.5 Å². The highest BCUT2D eigenvalue weighted by atomic mass is 16.5. The molecule has 0 aromatic heterocycles. The number of hydrogen-bond donors (Lipinski definition) is 2. The molecule has 6 heteroatoms. The average molecular weight is 413 g/mol. The molecule has 0 aliphatic rings. The number of unbranched alkanes of at least 4 members (excludes halogenated alkanes) is 5. The number of benzene rings is 2. The Morgan fingerprint density at radius 1 is 0.733 bits per heavy atom. The zero-order valence-corrected chi connectivity index (χ0v) is 17.6. The number of rotatable bonds is 12. The summed E-state index contributed by atoms with van der Waals surface area (Å²) in [6, 6.07) is 13.6. The maximum atomic E-state index is 12.1. The number of carbonyl (C=O) groups excluding carboxylic acids is 2. The van der Waals surface area contributed by atoms with Crippen LogP contribution in [0.1, 0.15) is 58.3 Å². The number of nitrogens with two attached hydrogens (primary N) is 2. The van der Waals surface area contributed by atoms with Gasteiger partial charge in [-0.05, 0) is 61.4 Å². The molecule has 0 spiro atoms. The summed E-state index contributed by atoms with van der Waals surface area (Å²) in [7, 11) is 0. The molecular weight excluding hydrogens is 380 g/mol. The summed E-state index contributed by atoms with van der Waals surface area (Å²) in [5, 5.41) is 0. The van der Waals surface area contributed by atoms with Gasteiger partial charge in [0.05, 0.1) is 5.92 Å². The van der Waals surface area contributed by atoms with Crippen LogP contribution in [0.15, 0.2) is 48.5 Å². The van der Waals surface area contributed by atoms with E-state index in [1.54, 1.807) is 48.5 Å². The fourth-order valence-corrected chi connectivity index (χ4v) is 3.02. The summed E-state index contributed by atoms with van der Waals surface area (Å²) in [5.74, 6) is 0.493. The SMILES string of the molecule is CC(CCCCCCCCC(=O)Oc1ccc(N)cc1)C(=O)Oc1ccc(N)cc1. The second kappa shape index (κ2) is 12.5. The van der Waals surface area contributed by atoms with Crippen LogP contribution in [-0.4, -0.2) is 11.9 Å². The Hall–Kier alpha value is -3.02. The number of hydrogen-bond acceptors (Lipinski definition) is 6. The topological polar surface area (TPSA) is 105 Å². The van der Waals surface area contributed by atoms with Gasteiger partial charge in [-0.3, -0.25) is 9.59 Å². The first-order valence-electron chi connectivity index (χ1n) is 10.6. The van der Waals surface area contributed by atoms with Crippen molar-refractivity contribution >= 4 is 23.3 Å². The van der Waals surface area contributed by atoms with Crippen molar-refractivity contribution in [3.63, 3.8) is 0 Å². The molecule has 0 saturated carbocycles. The predicted octanol–water partition coefficient (Wildman–Crippen LogP) is 5.12. The lowest BCUT2D eigenvalue weighted by molar-refractivity contribution is -0.138. The number of esters is 2. The zero-order valence-electron chi connectivity index (χ0n) is 17.6. The molecule has 2 aromatic carbocycles. The molecule has 0 radical (unpaired) electrons. The van der Waals surface area contributed by atoms with E-state index in [0.29, 0.717) is 29.3 Å². The Kier molecular flexibility index (Phi) is 9.71. The zero-order chi connectivity index (χ0) is 21.8. The van der Waals surface area contributed by atoms with Crippen molar-refractivity contribution in [3.8, 4) is 11.5 Å². The van der Waals surface area contributed by atoms with Crippen LogP contribution in [0.25, 0.3) is 0 Å². The molecule has 4 N–H and O–H groups in total. The quantitative estimate of drug-likeness (QED) is 0.217. The standard InChI is InChI=1S/C24H32N2O4/c1-18(24(28)30-22-16-12-20(26)13-17-22)8-6-4-2-3-5-7-9-23(27)29-21-14-10-19(25)11-15-21/h10-18H,2-9,25-26H2,1H3. The van der Waals surface area contributed by atoms with Gasteiger partial charge in [0.15, 0.2) is 0 Å². The van der Waals surface area contributed by atoms with Gasteiger partial charge in [0.25, 0.3) is 0 Å².